The molecule has 1 aliphatic rings. The van der Waals surface area contributed by atoms with Gasteiger partial charge in [0.05, 0.1) is 11.6 Å². The Balaban J connectivity index is 2.01. The average Bonchev–Trinajstić information content (AvgIpc) is 2.99. The molecule has 1 fully saturated rings. The van der Waals surface area contributed by atoms with Crippen molar-refractivity contribution in [2.45, 2.75) is 13.0 Å². The number of aryl methyl sites for hydroxylation is 1. The third-order valence-corrected chi connectivity index (χ3v) is 5.07. The van der Waals surface area contributed by atoms with Crippen LogP contribution >= 0.6 is 0 Å². The molecule has 29 heavy (non-hydrogen) atoms. The predicted octanol–water partition coefficient (Wildman–Crippen LogP) is 4.76. The number of carbonyl (C=O) groups excluding carboxylic acids is 2. The normalized spacial score (nSPS) is 18.3. The van der Waals surface area contributed by atoms with Crippen LogP contribution in [0.25, 0.3) is 5.76 Å². The van der Waals surface area contributed by atoms with E-state index in [1.165, 1.54) is 23.1 Å². The van der Waals surface area contributed by atoms with Gasteiger partial charge in [0.25, 0.3) is 11.7 Å². The summed E-state index contributed by atoms with van der Waals surface area (Å²) in [6.07, 6.45) is 0. The summed E-state index contributed by atoms with van der Waals surface area (Å²) in [6, 6.07) is 20.4. The van der Waals surface area contributed by atoms with Crippen molar-refractivity contribution >= 4 is 23.1 Å². The summed E-state index contributed by atoms with van der Waals surface area (Å²) < 4.78 is 14.8. The van der Waals surface area contributed by atoms with Crippen molar-refractivity contribution in [1.29, 1.82) is 0 Å². The molecule has 1 amide bonds. The Morgan fingerprint density at radius 3 is 2.21 bits per heavy atom. The third kappa shape index (κ3) is 3.10. The summed E-state index contributed by atoms with van der Waals surface area (Å²) in [7, 11) is 0. The van der Waals surface area contributed by atoms with Crippen molar-refractivity contribution in [3.63, 3.8) is 0 Å². The Morgan fingerprint density at radius 2 is 1.52 bits per heavy atom. The number of carbonyl (C=O) groups is 2. The maximum absolute atomic E-state index is 14.8. The topological polar surface area (TPSA) is 57.6 Å². The smallest absolute Gasteiger partial charge is 0.300 e. The second kappa shape index (κ2) is 7.36. The van der Waals surface area contributed by atoms with Crippen LogP contribution in [0.4, 0.5) is 10.1 Å². The minimum atomic E-state index is -1.07. The molecule has 1 atom stereocenters. The molecule has 5 heteroatoms. The van der Waals surface area contributed by atoms with Crippen LogP contribution in [0.2, 0.25) is 0 Å². The van der Waals surface area contributed by atoms with Crippen molar-refractivity contribution < 1.29 is 19.1 Å². The Bertz CT molecular complexity index is 1140. The first-order valence-corrected chi connectivity index (χ1v) is 9.17. The van der Waals surface area contributed by atoms with Crippen molar-refractivity contribution in [1.82, 2.24) is 0 Å². The molecule has 0 bridgehead atoms. The number of aliphatic hydroxyl groups excluding tert-OH is 1. The van der Waals surface area contributed by atoms with Gasteiger partial charge in [-0.25, -0.2) is 4.39 Å². The molecule has 0 spiro atoms. The van der Waals surface area contributed by atoms with E-state index in [0.29, 0.717) is 11.3 Å². The molecule has 4 rings (SSSR count). The van der Waals surface area contributed by atoms with Crippen LogP contribution in [0.15, 0.2) is 84.4 Å². The van der Waals surface area contributed by atoms with E-state index in [1.54, 1.807) is 48.5 Å². The molecule has 1 N–H and O–H groups in total. The van der Waals surface area contributed by atoms with Crippen LogP contribution in [0.3, 0.4) is 0 Å². The highest BCUT2D eigenvalue weighted by molar-refractivity contribution is 6.51. The summed E-state index contributed by atoms with van der Waals surface area (Å²) >= 11 is 0. The molecule has 0 aliphatic carbocycles. The zero-order valence-corrected chi connectivity index (χ0v) is 15.7. The van der Waals surface area contributed by atoms with E-state index in [9.17, 15) is 19.1 Å². The summed E-state index contributed by atoms with van der Waals surface area (Å²) in [6.45, 7) is 1.81. The Labute approximate surface area is 167 Å². The molecule has 1 aliphatic heterocycles. The highest BCUT2D eigenvalue weighted by atomic mass is 19.1. The molecule has 1 heterocycles. The number of hydrogen-bond donors (Lipinski definition) is 1. The maximum Gasteiger partial charge on any atom is 0.300 e. The Kier molecular flexibility index (Phi) is 4.72. The molecule has 0 radical (unpaired) electrons. The summed E-state index contributed by atoms with van der Waals surface area (Å²) in [5.41, 5.74) is 1.66. The number of aliphatic hydroxyl groups is 1. The highest BCUT2D eigenvalue weighted by Crippen LogP contribution is 2.43. The fourth-order valence-electron chi connectivity index (χ4n) is 3.66. The van der Waals surface area contributed by atoms with E-state index in [-0.39, 0.29) is 16.9 Å². The monoisotopic (exact) mass is 387 g/mol. The fourth-order valence-corrected chi connectivity index (χ4v) is 3.66. The molecule has 0 saturated carbocycles. The average molecular weight is 387 g/mol. The van der Waals surface area contributed by atoms with Crippen LogP contribution in [0, 0.1) is 12.7 Å². The van der Waals surface area contributed by atoms with Gasteiger partial charge in [-0.3, -0.25) is 14.5 Å². The molecule has 3 aromatic rings. The van der Waals surface area contributed by atoms with Crippen LogP contribution in [0.1, 0.15) is 22.7 Å². The van der Waals surface area contributed by atoms with Crippen LogP contribution < -0.4 is 4.90 Å². The number of halogens is 1. The Morgan fingerprint density at radius 1 is 0.897 bits per heavy atom. The van der Waals surface area contributed by atoms with E-state index < -0.39 is 23.5 Å². The lowest BCUT2D eigenvalue weighted by Gasteiger charge is -2.27. The largest absolute Gasteiger partial charge is 0.507 e. The van der Waals surface area contributed by atoms with Gasteiger partial charge < -0.3 is 5.11 Å². The molecular formula is C24H18FNO3. The highest BCUT2D eigenvalue weighted by Gasteiger charge is 2.48. The molecule has 144 valence electrons. The van der Waals surface area contributed by atoms with Gasteiger partial charge in [-0.15, -0.1) is 0 Å². The van der Waals surface area contributed by atoms with Crippen LogP contribution in [0.5, 0.6) is 0 Å². The zero-order chi connectivity index (χ0) is 20.5. The number of amides is 1. The van der Waals surface area contributed by atoms with Gasteiger partial charge in [0.1, 0.15) is 11.6 Å². The number of para-hydroxylation sites is 1. The molecule has 4 nitrogen and oxygen atoms in total. The summed E-state index contributed by atoms with van der Waals surface area (Å²) in [5.74, 6) is -2.53. The molecule has 1 saturated heterocycles. The second-order valence-electron chi connectivity index (χ2n) is 6.84. The molecular weight excluding hydrogens is 369 g/mol. The molecule has 3 aromatic carbocycles. The van der Waals surface area contributed by atoms with Gasteiger partial charge in [0, 0.05) is 16.8 Å². The summed E-state index contributed by atoms with van der Waals surface area (Å²) in [4.78, 5) is 27.3. The van der Waals surface area contributed by atoms with E-state index in [1.807, 2.05) is 19.1 Å². The minimum Gasteiger partial charge on any atom is -0.507 e. The van der Waals surface area contributed by atoms with Gasteiger partial charge >= 0.3 is 0 Å². The first-order valence-electron chi connectivity index (χ1n) is 9.17. The van der Waals surface area contributed by atoms with Gasteiger partial charge in [-0.1, -0.05) is 66.7 Å². The lowest BCUT2D eigenvalue weighted by molar-refractivity contribution is -0.132. The fraction of sp³-hybridized carbons (Fsp3) is 0.0833. The van der Waals surface area contributed by atoms with Crippen molar-refractivity contribution in [3.05, 3.63) is 107 Å². The molecule has 0 aromatic heterocycles. The molecule has 1 unspecified atom stereocenters. The minimum absolute atomic E-state index is 0.130. The third-order valence-electron chi connectivity index (χ3n) is 5.07. The number of nitrogens with zero attached hydrogens (tertiary/aromatic N) is 1. The maximum atomic E-state index is 14.8. The standard InChI is InChI=1S/C24H18FNO3/c1-15-9-5-8-14-19(15)26-21(17-12-6-7-13-18(17)25)20(23(28)24(26)29)22(27)16-10-3-2-4-11-16/h2-14,21,27H,1H3/b22-20+. The number of hydrogen-bond acceptors (Lipinski definition) is 3. The van der Waals surface area contributed by atoms with E-state index in [4.69, 9.17) is 0 Å². The number of benzene rings is 3. The lowest BCUT2D eigenvalue weighted by atomic mass is 9.94. The quantitative estimate of drug-likeness (QED) is 0.400. The lowest BCUT2D eigenvalue weighted by Crippen LogP contribution is -2.30. The summed E-state index contributed by atoms with van der Waals surface area (Å²) in [5, 5.41) is 10.9. The van der Waals surface area contributed by atoms with Gasteiger partial charge in [0.2, 0.25) is 0 Å². The van der Waals surface area contributed by atoms with Crippen LogP contribution in [-0.4, -0.2) is 16.8 Å². The first kappa shape index (κ1) is 18.6. The van der Waals surface area contributed by atoms with Crippen LogP contribution in [-0.2, 0) is 9.59 Å². The number of Topliss-reactive ketones (excluding diaryl/α,β-unsaturated/α-hetero) is 1. The van der Waals surface area contributed by atoms with Gasteiger partial charge in [0.15, 0.2) is 0 Å². The predicted molar refractivity (Wildman–Crippen MR) is 109 cm³/mol. The number of ketones is 1. The van der Waals surface area contributed by atoms with Crippen molar-refractivity contribution in [2.75, 3.05) is 4.90 Å². The van der Waals surface area contributed by atoms with E-state index in [0.717, 1.165) is 5.56 Å². The van der Waals surface area contributed by atoms with Crippen molar-refractivity contribution in [3.8, 4) is 0 Å². The number of anilines is 1. The van der Waals surface area contributed by atoms with E-state index in [2.05, 4.69) is 0 Å². The zero-order valence-electron chi connectivity index (χ0n) is 15.7. The van der Waals surface area contributed by atoms with Crippen molar-refractivity contribution in [2.24, 2.45) is 0 Å². The second-order valence-corrected chi connectivity index (χ2v) is 6.84. The SMILES string of the molecule is Cc1ccccc1N1C(=O)C(=O)/C(=C(/O)c2ccccc2)C1c1ccccc1F. The number of rotatable bonds is 3. The Hall–Kier alpha value is -3.73. The van der Waals surface area contributed by atoms with Gasteiger partial charge in [-0.2, -0.15) is 0 Å². The first-order chi connectivity index (χ1) is 14.0. The van der Waals surface area contributed by atoms with E-state index >= 15 is 0 Å². The van der Waals surface area contributed by atoms with Gasteiger partial charge in [-0.05, 0) is 24.6 Å².